The van der Waals surface area contributed by atoms with E-state index in [1.807, 2.05) is 0 Å². The molecule has 0 radical (unpaired) electrons. The van der Waals surface area contributed by atoms with Crippen molar-refractivity contribution >= 4 is 27.4 Å². The molecule has 0 saturated carbocycles. The molecule has 0 saturated heterocycles. The molecule has 0 spiro atoms. The molecule has 0 aliphatic carbocycles. The van der Waals surface area contributed by atoms with Crippen molar-refractivity contribution in [3.8, 4) is 0 Å². The molecule has 9 heteroatoms. The second-order valence-corrected chi connectivity index (χ2v) is 5.60. The lowest BCUT2D eigenvalue weighted by atomic mass is 10.4. The van der Waals surface area contributed by atoms with Crippen LogP contribution in [0, 0.1) is 13.8 Å². The van der Waals surface area contributed by atoms with Gasteiger partial charge in [0.1, 0.15) is 10.0 Å². The standard InChI is InChI=1S/C9H10ClN5O2S/c1-5-9(6(2)14-13-5)18(16,17)15-8-4-11-3-7(10)12-8/h3-4H,1-2H3,(H,12,15)(H,13,14). The fraction of sp³-hybridized carbons (Fsp3) is 0.222. The van der Waals surface area contributed by atoms with E-state index < -0.39 is 10.0 Å². The molecule has 2 N–H and O–H groups in total. The van der Waals surface area contributed by atoms with Gasteiger partial charge in [0.2, 0.25) is 0 Å². The number of rotatable bonds is 3. The van der Waals surface area contributed by atoms with Crippen molar-refractivity contribution in [2.75, 3.05) is 4.72 Å². The van der Waals surface area contributed by atoms with Crippen molar-refractivity contribution in [3.05, 3.63) is 28.9 Å². The number of halogens is 1. The van der Waals surface area contributed by atoms with Crippen molar-refractivity contribution in [1.82, 2.24) is 20.2 Å². The monoisotopic (exact) mass is 287 g/mol. The summed E-state index contributed by atoms with van der Waals surface area (Å²) >= 11 is 5.63. The highest BCUT2D eigenvalue weighted by Crippen LogP contribution is 2.19. The van der Waals surface area contributed by atoms with Crippen molar-refractivity contribution in [2.45, 2.75) is 18.7 Å². The average molecular weight is 288 g/mol. The maximum atomic E-state index is 12.1. The quantitative estimate of drug-likeness (QED) is 0.885. The summed E-state index contributed by atoms with van der Waals surface area (Å²) in [6.45, 7) is 3.22. The Labute approximate surface area is 109 Å². The molecule has 0 bridgehead atoms. The van der Waals surface area contributed by atoms with Crippen LogP contribution >= 0.6 is 11.6 Å². The molecule has 0 aliphatic rings. The van der Waals surface area contributed by atoms with Gasteiger partial charge < -0.3 is 0 Å². The normalized spacial score (nSPS) is 11.5. The zero-order valence-corrected chi connectivity index (χ0v) is 11.2. The van der Waals surface area contributed by atoms with E-state index in [4.69, 9.17) is 11.6 Å². The van der Waals surface area contributed by atoms with Crippen LogP contribution in [0.3, 0.4) is 0 Å². The van der Waals surface area contributed by atoms with Gasteiger partial charge in [-0.3, -0.25) is 14.8 Å². The van der Waals surface area contributed by atoms with E-state index in [9.17, 15) is 8.42 Å². The van der Waals surface area contributed by atoms with Gasteiger partial charge in [-0.2, -0.15) is 5.10 Å². The summed E-state index contributed by atoms with van der Waals surface area (Å²) in [5.74, 6) is 0.0579. The van der Waals surface area contributed by atoms with Gasteiger partial charge in [-0.25, -0.2) is 13.4 Å². The Kier molecular flexibility index (Phi) is 3.22. The number of sulfonamides is 1. The number of nitrogens with zero attached hydrogens (tertiary/aromatic N) is 3. The molecule has 18 heavy (non-hydrogen) atoms. The molecular formula is C9H10ClN5O2S. The first-order valence-corrected chi connectivity index (χ1v) is 6.78. The third kappa shape index (κ3) is 2.44. The third-order valence-electron chi connectivity index (χ3n) is 2.17. The molecule has 0 unspecified atom stereocenters. The van der Waals surface area contributed by atoms with Gasteiger partial charge in [0.15, 0.2) is 5.82 Å². The van der Waals surface area contributed by atoms with E-state index in [0.29, 0.717) is 11.4 Å². The van der Waals surface area contributed by atoms with E-state index in [-0.39, 0.29) is 15.9 Å². The summed E-state index contributed by atoms with van der Waals surface area (Å²) in [5.41, 5.74) is 0.838. The predicted octanol–water partition coefficient (Wildman–Crippen LogP) is 1.27. The van der Waals surface area contributed by atoms with Crippen LogP contribution in [-0.4, -0.2) is 28.6 Å². The molecule has 96 valence electrons. The summed E-state index contributed by atoms with van der Waals surface area (Å²) in [7, 11) is -3.75. The first-order chi connectivity index (χ1) is 8.40. The maximum absolute atomic E-state index is 12.1. The van der Waals surface area contributed by atoms with Crippen LogP contribution in [0.15, 0.2) is 17.3 Å². The molecule has 0 fully saturated rings. The Bertz CT molecular complexity index is 663. The van der Waals surface area contributed by atoms with Gasteiger partial charge >= 0.3 is 0 Å². The molecule has 2 aromatic heterocycles. The van der Waals surface area contributed by atoms with Crippen LogP contribution < -0.4 is 4.72 Å². The van der Waals surface area contributed by atoms with Crippen LogP contribution in [0.25, 0.3) is 0 Å². The lowest BCUT2D eigenvalue weighted by molar-refractivity contribution is 0.600. The lowest BCUT2D eigenvalue weighted by Gasteiger charge is -2.06. The maximum Gasteiger partial charge on any atom is 0.266 e. The Hall–Kier alpha value is -1.67. The van der Waals surface area contributed by atoms with Crippen molar-refractivity contribution in [3.63, 3.8) is 0 Å². The summed E-state index contributed by atoms with van der Waals surface area (Å²) in [6, 6.07) is 0. The number of nitrogens with one attached hydrogen (secondary N) is 2. The molecule has 0 aromatic carbocycles. The number of hydrogen-bond donors (Lipinski definition) is 2. The molecule has 7 nitrogen and oxygen atoms in total. The number of anilines is 1. The summed E-state index contributed by atoms with van der Waals surface area (Å²) < 4.78 is 26.6. The highest BCUT2D eigenvalue weighted by atomic mass is 35.5. The SMILES string of the molecule is Cc1n[nH]c(C)c1S(=O)(=O)Nc1cncc(Cl)n1. The second-order valence-electron chi connectivity index (χ2n) is 3.60. The van der Waals surface area contributed by atoms with Gasteiger partial charge in [0, 0.05) is 0 Å². The zero-order valence-electron chi connectivity index (χ0n) is 9.60. The minimum absolute atomic E-state index is 0.0579. The molecule has 2 rings (SSSR count). The molecule has 0 atom stereocenters. The van der Waals surface area contributed by atoms with E-state index in [1.165, 1.54) is 12.4 Å². The van der Waals surface area contributed by atoms with Crippen molar-refractivity contribution in [2.24, 2.45) is 0 Å². The molecular weight excluding hydrogens is 278 g/mol. The smallest absolute Gasteiger partial charge is 0.266 e. The highest BCUT2D eigenvalue weighted by molar-refractivity contribution is 7.92. The second kappa shape index (κ2) is 4.54. The fourth-order valence-corrected chi connectivity index (χ4v) is 3.02. The Morgan fingerprint density at radius 3 is 2.61 bits per heavy atom. The first-order valence-electron chi connectivity index (χ1n) is 4.92. The highest BCUT2D eigenvalue weighted by Gasteiger charge is 2.22. The topological polar surface area (TPSA) is 101 Å². The predicted molar refractivity (Wildman–Crippen MR) is 65.9 cm³/mol. The molecule has 0 aliphatic heterocycles. The van der Waals surface area contributed by atoms with E-state index in [0.717, 1.165) is 0 Å². The summed E-state index contributed by atoms with van der Waals surface area (Å²) in [6.07, 6.45) is 2.59. The van der Waals surface area contributed by atoms with Crippen LogP contribution in [0.2, 0.25) is 5.15 Å². The van der Waals surface area contributed by atoms with Gasteiger partial charge in [0.05, 0.1) is 23.8 Å². The molecule has 0 amide bonds. The van der Waals surface area contributed by atoms with Crippen molar-refractivity contribution in [1.29, 1.82) is 0 Å². The minimum Gasteiger partial charge on any atom is -0.281 e. The minimum atomic E-state index is -3.75. The summed E-state index contributed by atoms with van der Waals surface area (Å²) in [4.78, 5) is 7.66. The van der Waals surface area contributed by atoms with E-state index >= 15 is 0 Å². The van der Waals surface area contributed by atoms with Crippen LogP contribution in [0.4, 0.5) is 5.82 Å². The van der Waals surface area contributed by atoms with Crippen molar-refractivity contribution < 1.29 is 8.42 Å². The number of aromatic amines is 1. The van der Waals surface area contributed by atoms with Gasteiger partial charge in [-0.05, 0) is 13.8 Å². The average Bonchev–Trinajstić information content (AvgIpc) is 2.58. The van der Waals surface area contributed by atoms with Crippen LogP contribution in [-0.2, 0) is 10.0 Å². The Morgan fingerprint density at radius 2 is 2.06 bits per heavy atom. The lowest BCUT2D eigenvalue weighted by Crippen LogP contribution is -2.15. The Morgan fingerprint density at radius 1 is 1.33 bits per heavy atom. The van der Waals surface area contributed by atoms with Crippen LogP contribution in [0.5, 0.6) is 0 Å². The molecule has 2 aromatic rings. The van der Waals surface area contributed by atoms with Crippen LogP contribution in [0.1, 0.15) is 11.4 Å². The van der Waals surface area contributed by atoms with E-state index in [1.54, 1.807) is 13.8 Å². The van der Waals surface area contributed by atoms with Gasteiger partial charge in [0.25, 0.3) is 10.0 Å². The van der Waals surface area contributed by atoms with E-state index in [2.05, 4.69) is 24.9 Å². The van der Waals surface area contributed by atoms with Gasteiger partial charge in [-0.15, -0.1) is 0 Å². The number of aryl methyl sites for hydroxylation is 2. The zero-order chi connectivity index (χ0) is 13.3. The van der Waals surface area contributed by atoms with Gasteiger partial charge in [-0.1, -0.05) is 11.6 Å². The fourth-order valence-electron chi connectivity index (χ4n) is 1.52. The number of hydrogen-bond acceptors (Lipinski definition) is 5. The number of H-pyrrole nitrogens is 1. The third-order valence-corrected chi connectivity index (χ3v) is 3.97. The Balaban J connectivity index is 2.39. The first kappa shape index (κ1) is 12.8. The number of aromatic nitrogens is 4. The molecule has 2 heterocycles. The largest absolute Gasteiger partial charge is 0.281 e. The summed E-state index contributed by atoms with van der Waals surface area (Å²) in [5, 5.41) is 6.55.